The lowest BCUT2D eigenvalue weighted by molar-refractivity contribution is -0.132. The third-order valence-corrected chi connectivity index (χ3v) is 4.60. The van der Waals surface area contributed by atoms with Crippen molar-refractivity contribution in [3.8, 4) is 17.2 Å². The SMILES string of the molecule is N#Cc1ncn(CC(=O)N2Cc3ccc(-c4ccncc4Cl)cc3C2)n1. The highest BCUT2D eigenvalue weighted by Crippen LogP contribution is 2.31. The Hall–Kier alpha value is -3.24. The summed E-state index contributed by atoms with van der Waals surface area (Å²) in [5.41, 5.74) is 4.13. The molecular formula is C18H13ClN6O. The van der Waals surface area contributed by atoms with Gasteiger partial charge in [-0.2, -0.15) is 5.26 Å². The molecule has 1 aliphatic rings. The van der Waals surface area contributed by atoms with Gasteiger partial charge in [-0.15, -0.1) is 5.10 Å². The standard InChI is InChI=1S/C18H13ClN6O/c19-16-7-21-4-3-15(16)12-1-2-13-8-24(9-14(13)5-12)18(26)10-25-11-22-17(6-20)23-25/h1-5,7,11H,8-10H2. The van der Waals surface area contributed by atoms with Gasteiger partial charge in [-0.05, 0) is 28.8 Å². The van der Waals surface area contributed by atoms with Crippen molar-refractivity contribution < 1.29 is 4.79 Å². The van der Waals surface area contributed by atoms with Gasteiger partial charge >= 0.3 is 0 Å². The molecule has 0 unspecified atom stereocenters. The monoisotopic (exact) mass is 364 g/mol. The van der Waals surface area contributed by atoms with Crippen molar-refractivity contribution in [3.63, 3.8) is 0 Å². The number of halogens is 1. The number of amides is 1. The molecule has 1 aliphatic heterocycles. The summed E-state index contributed by atoms with van der Waals surface area (Å²) in [6.45, 7) is 1.15. The Bertz CT molecular complexity index is 1040. The number of rotatable bonds is 3. The number of benzene rings is 1. The number of pyridine rings is 1. The number of aromatic nitrogens is 4. The highest BCUT2D eigenvalue weighted by atomic mass is 35.5. The molecule has 2 aromatic heterocycles. The highest BCUT2D eigenvalue weighted by molar-refractivity contribution is 6.33. The van der Waals surface area contributed by atoms with Gasteiger partial charge in [-0.1, -0.05) is 23.7 Å². The first-order valence-corrected chi connectivity index (χ1v) is 8.31. The van der Waals surface area contributed by atoms with Gasteiger partial charge in [0.05, 0.1) is 5.02 Å². The van der Waals surface area contributed by atoms with E-state index >= 15 is 0 Å². The van der Waals surface area contributed by atoms with Crippen LogP contribution in [0.25, 0.3) is 11.1 Å². The van der Waals surface area contributed by atoms with Crippen LogP contribution in [0, 0.1) is 11.3 Å². The molecule has 8 heteroatoms. The normalized spacial score (nSPS) is 12.7. The predicted octanol–water partition coefficient (Wildman–Crippen LogP) is 2.41. The van der Waals surface area contributed by atoms with Gasteiger partial charge in [-0.3, -0.25) is 9.78 Å². The largest absolute Gasteiger partial charge is 0.332 e. The van der Waals surface area contributed by atoms with E-state index in [2.05, 4.69) is 21.1 Å². The van der Waals surface area contributed by atoms with Crippen LogP contribution in [0.15, 0.2) is 43.0 Å². The lowest BCUT2D eigenvalue weighted by Crippen LogP contribution is -2.29. The van der Waals surface area contributed by atoms with Crippen LogP contribution in [-0.4, -0.2) is 30.6 Å². The van der Waals surface area contributed by atoms with Crippen LogP contribution in [0.4, 0.5) is 0 Å². The number of nitrogens with zero attached hydrogens (tertiary/aromatic N) is 6. The van der Waals surface area contributed by atoms with Crippen molar-refractivity contribution in [2.45, 2.75) is 19.6 Å². The minimum Gasteiger partial charge on any atom is -0.332 e. The molecule has 0 spiro atoms. The van der Waals surface area contributed by atoms with Gasteiger partial charge in [0.25, 0.3) is 5.82 Å². The Kier molecular flexibility index (Phi) is 4.11. The molecule has 0 aliphatic carbocycles. The van der Waals surface area contributed by atoms with Crippen LogP contribution in [0.5, 0.6) is 0 Å². The minimum atomic E-state index is -0.0703. The van der Waals surface area contributed by atoms with E-state index in [1.54, 1.807) is 17.3 Å². The smallest absolute Gasteiger partial charge is 0.252 e. The molecule has 4 rings (SSSR count). The first-order chi connectivity index (χ1) is 12.6. The molecule has 7 nitrogen and oxygen atoms in total. The van der Waals surface area contributed by atoms with E-state index in [1.165, 1.54) is 11.0 Å². The minimum absolute atomic E-state index is 0.0568. The molecule has 1 amide bonds. The van der Waals surface area contributed by atoms with Crippen LogP contribution in [0.1, 0.15) is 17.0 Å². The van der Waals surface area contributed by atoms with Crippen molar-refractivity contribution in [1.29, 1.82) is 5.26 Å². The number of fused-ring (bicyclic) bond motifs is 1. The van der Waals surface area contributed by atoms with Crippen molar-refractivity contribution in [2.75, 3.05) is 0 Å². The molecule has 0 radical (unpaired) electrons. The summed E-state index contributed by atoms with van der Waals surface area (Å²) in [7, 11) is 0. The topological polar surface area (TPSA) is 87.7 Å². The summed E-state index contributed by atoms with van der Waals surface area (Å²) in [5, 5.41) is 13.3. The molecule has 0 atom stereocenters. The fourth-order valence-corrected chi connectivity index (χ4v) is 3.24. The quantitative estimate of drug-likeness (QED) is 0.712. The number of nitriles is 1. The van der Waals surface area contributed by atoms with E-state index in [0.29, 0.717) is 18.1 Å². The zero-order valence-electron chi connectivity index (χ0n) is 13.6. The number of carbonyl (C=O) groups excluding carboxylic acids is 1. The lowest BCUT2D eigenvalue weighted by Gasteiger charge is -2.14. The maximum atomic E-state index is 12.5. The van der Waals surface area contributed by atoms with E-state index in [1.807, 2.05) is 24.3 Å². The van der Waals surface area contributed by atoms with Crippen molar-refractivity contribution >= 4 is 17.5 Å². The van der Waals surface area contributed by atoms with Crippen molar-refractivity contribution in [1.82, 2.24) is 24.6 Å². The highest BCUT2D eigenvalue weighted by Gasteiger charge is 2.24. The van der Waals surface area contributed by atoms with Crippen molar-refractivity contribution in [2.24, 2.45) is 0 Å². The molecule has 3 aromatic rings. The number of carbonyl (C=O) groups is 1. The molecule has 26 heavy (non-hydrogen) atoms. The maximum Gasteiger partial charge on any atom is 0.252 e. The third kappa shape index (κ3) is 3.03. The Balaban J connectivity index is 1.51. The second kappa shape index (κ2) is 6.58. The van der Waals surface area contributed by atoms with Crippen LogP contribution in [0.2, 0.25) is 5.02 Å². The molecule has 0 fully saturated rings. The third-order valence-electron chi connectivity index (χ3n) is 4.30. The summed E-state index contributed by atoms with van der Waals surface area (Å²) < 4.78 is 1.38. The van der Waals surface area contributed by atoms with Gasteiger partial charge in [0, 0.05) is 31.0 Å². The van der Waals surface area contributed by atoms with Crippen LogP contribution < -0.4 is 0 Å². The Morgan fingerprint density at radius 3 is 2.88 bits per heavy atom. The second-order valence-corrected chi connectivity index (χ2v) is 6.37. The zero-order chi connectivity index (χ0) is 18.1. The summed E-state index contributed by atoms with van der Waals surface area (Å²) in [6, 6.07) is 9.81. The summed E-state index contributed by atoms with van der Waals surface area (Å²) in [6.07, 6.45) is 4.72. The molecule has 128 valence electrons. The second-order valence-electron chi connectivity index (χ2n) is 5.97. The average molecular weight is 365 g/mol. The Labute approximate surface area is 154 Å². The molecule has 0 bridgehead atoms. The number of hydrogen-bond donors (Lipinski definition) is 0. The van der Waals surface area contributed by atoms with E-state index in [9.17, 15) is 4.79 Å². The average Bonchev–Trinajstić information content (AvgIpc) is 3.28. The van der Waals surface area contributed by atoms with E-state index < -0.39 is 0 Å². The van der Waals surface area contributed by atoms with Gasteiger partial charge in [-0.25, -0.2) is 9.67 Å². The molecular weight excluding hydrogens is 352 g/mol. The first kappa shape index (κ1) is 16.2. The van der Waals surface area contributed by atoms with Crippen LogP contribution in [0.3, 0.4) is 0 Å². The van der Waals surface area contributed by atoms with E-state index in [0.717, 1.165) is 22.3 Å². The molecule has 0 N–H and O–H groups in total. The van der Waals surface area contributed by atoms with Crippen LogP contribution in [-0.2, 0) is 24.4 Å². The van der Waals surface area contributed by atoms with Crippen LogP contribution >= 0.6 is 11.6 Å². The number of hydrogen-bond acceptors (Lipinski definition) is 5. The molecule has 1 aromatic carbocycles. The van der Waals surface area contributed by atoms with Gasteiger partial charge in [0.15, 0.2) is 0 Å². The zero-order valence-corrected chi connectivity index (χ0v) is 14.4. The van der Waals surface area contributed by atoms with Gasteiger partial charge < -0.3 is 4.90 Å². The summed E-state index contributed by atoms with van der Waals surface area (Å²) in [5.74, 6) is -0.0135. The lowest BCUT2D eigenvalue weighted by atomic mass is 10.0. The predicted molar refractivity (Wildman–Crippen MR) is 93.7 cm³/mol. The summed E-state index contributed by atoms with van der Waals surface area (Å²) >= 11 is 6.23. The fourth-order valence-electron chi connectivity index (χ4n) is 3.01. The first-order valence-electron chi connectivity index (χ1n) is 7.93. The van der Waals surface area contributed by atoms with Gasteiger partial charge in [0.2, 0.25) is 5.91 Å². The van der Waals surface area contributed by atoms with E-state index in [-0.39, 0.29) is 18.3 Å². The molecule has 0 saturated carbocycles. The summed E-state index contributed by atoms with van der Waals surface area (Å²) in [4.78, 5) is 22.1. The Morgan fingerprint density at radius 1 is 1.27 bits per heavy atom. The molecule has 3 heterocycles. The van der Waals surface area contributed by atoms with Crippen molar-refractivity contribution in [3.05, 3.63) is 65.0 Å². The van der Waals surface area contributed by atoms with Gasteiger partial charge in [0.1, 0.15) is 18.9 Å². The molecule has 0 saturated heterocycles. The fraction of sp³-hybridized carbons (Fsp3) is 0.167. The van der Waals surface area contributed by atoms with E-state index in [4.69, 9.17) is 16.9 Å². The maximum absolute atomic E-state index is 12.5. The Morgan fingerprint density at radius 2 is 2.12 bits per heavy atom.